The van der Waals surface area contributed by atoms with Gasteiger partial charge in [-0.1, -0.05) is 6.07 Å². The molecule has 1 aliphatic rings. The van der Waals surface area contributed by atoms with Crippen molar-refractivity contribution in [2.45, 2.75) is 12.8 Å². The number of nitrogens with one attached hydrogen (secondary N) is 2. The SMILES string of the molecule is O=C(NCC1(CO)CC1)Nc1ccc2nc(-c3ccccn3)oc2c1. The molecule has 0 atom stereocenters. The molecule has 3 N–H and O–H groups in total. The van der Waals surface area contributed by atoms with Gasteiger partial charge in [-0.2, -0.15) is 0 Å². The van der Waals surface area contributed by atoms with E-state index in [-0.39, 0.29) is 18.1 Å². The Labute approximate surface area is 144 Å². The van der Waals surface area contributed by atoms with E-state index in [0.717, 1.165) is 12.8 Å². The number of hydrogen-bond acceptors (Lipinski definition) is 5. The summed E-state index contributed by atoms with van der Waals surface area (Å²) in [5, 5.41) is 14.8. The van der Waals surface area contributed by atoms with E-state index in [1.165, 1.54) is 0 Å². The van der Waals surface area contributed by atoms with Gasteiger partial charge in [-0.25, -0.2) is 9.78 Å². The molecule has 1 aromatic carbocycles. The normalized spacial score (nSPS) is 15.1. The Morgan fingerprint density at radius 1 is 1.28 bits per heavy atom. The number of aliphatic hydroxyl groups excluding tert-OH is 1. The number of rotatable bonds is 5. The lowest BCUT2D eigenvalue weighted by molar-refractivity contribution is 0.206. The lowest BCUT2D eigenvalue weighted by atomic mass is 10.1. The van der Waals surface area contributed by atoms with Crippen LogP contribution in [0.1, 0.15) is 12.8 Å². The van der Waals surface area contributed by atoms with Crippen molar-refractivity contribution in [1.82, 2.24) is 15.3 Å². The van der Waals surface area contributed by atoms with E-state index in [1.807, 2.05) is 18.2 Å². The maximum absolute atomic E-state index is 12.0. The van der Waals surface area contributed by atoms with Gasteiger partial charge in [0.1, 0.15) is 11.2 Å². The van der Waals surface area contributed by atoms with Crippen molar-refractivity contribution in [3.05, 3.63) is 42.6 Å². The third-order valence-corrected chi connectivity index (χ3v) is 4.45. The van der Waals surface area contributed by atoms with Crippen LogP contribution in [0.5, 0.6) is 0 Å². The van der Waals surface area contributed by atoms with Crippen LogP contribution >= 0.6 is 0 Å². The highest BCUT2D eigenvalue weighted by molar-refractivity contribution is 5.91. The molecule has 3 aromatic rings. The van der Waals surface area contributed by atoms with Crippen LogP contribution in [0.15, 0.2) is 47.0 Å². The molecule has 1 saturated carbocycles. The molecule has 0 saturated heterocycles. The van der Waals surface area contributed by atoms with Gasteiger partial charge in [-0.05, 0) is 37.1 Å². The maximum Gasteiger partial charge on any atom is 0.319 e. The number of hydrogen-bond donors (Lipinski definition) is 3. The molecule has 7 heteroatoms. The van der Waals surface area contributed by atoms with Crippen molar-refractivity contribution in [1.29, 1.82) is 0 Å². The Morgan fingerprint density at radius 3 is 2.88 bits per heavy atom. The van der Waals surface area contributed by atoms with E-state index >= 15 is 0 Å². The number of carbonyl (C=O) groups excluding carboxylic acids is 1. The second-order valence-electron chi connectivity index (χ2n) is 6.38. The van der Waals surface area contributed by atoms with E-state index in [0.29, 0.717) is 34.9 Å². The van der Waals surface area contributed by atoms with Crippen LogP contribution in [0.3, 0.4) is 0 Å². The van der Waals surface area contributed by atoms with Gasteiger partial charge in [-0.3, -0.25) is 4.98 Å². The van der Waals surface area contributed by atoms with Crippen LogP contribution in [0.4, 0.5) is 10.5 Å². The van der Waals surface area contributed by atoms with Crippen molar-refractivity contribution in [3.8, 4) is 11.6 Å². The number of anilines is 1. The number of fused-ring (bicyclic) bond motifs is 1. The quantitative estimate of drug-likeness (QED) is 0.664. The number of pyridine rings is 1. The number of urea groups is 1. The number of benzene rings is 1. The van der Waals surface area contributed by atoms with Crippen LogP contribution in [-0.4, -0.2) is 34.3 Å². The largest absolute Gasteiger partial charge is 0.435 e. The summed E-state index contributed by atoms with van der Waals surface area (Å²) in [6.45, 7) is 0.581. The Kier molecular flexibility index (Phi) is 3.85. The molecule has 128 valence electrons. The number of oxazole rings is 1. The first-order chi connectivity index (χ1) is 12.2. The fourth-order valence-electron chi connectivity index (χ4n) is 2.61. The second-order valence-corrected chi connectivity index (χ2v) is 6.38. The smallest absolute Gasteiger partial charge is 0.319 e. The minimum absolute atomic E-state index is 0.105. The summed E-state index contributed by atoms with van der Waals surface area (Å²) in [6.07, 6.45) is 3.58. The van der Waals surface area contributed by atoms with Crippen LogP contribution in [0.2, 0.25) is 0 Å². The first kappa shape index (κ1) is 15.6. The summed E-state index contributed by atoms with van der Waals surface area (Å²) in [6, 6.07) is 10.5. The number of nitrogens with zero attached hydrogens (tertiary/aromatic N) is 2. The first-order valence-electron chi connectivity index (χ1n) is 8.15. The summed E-state index contributed by atoms with van der Waals surface area (Å²) in [7, 11) is 0. The fraction of sp³-hybridized carbons (Fsp3) is 0.278. The van der Waals surface area contributed by atoms with Gasteiger partial charge in [0.25, 0.3) is 0 Å². The van der Waals surface area contributed by atoms with E-state index in [4.69, 9.17) is 4.42 Å². The average Bonchev–Trinajstić information content (AvgIpc) is 3.31. The van der Waals surface area contributed by atoms with Gasteiger partial charge in [0.2, 0.25) is 5.89 Å². The molecule has 0 spiro atoms. The zero-order valence-electron chi connectivity index (χ0n) is 13.5. The molecular weight excluding hydrogens is 320 g/mol. The summed E-state index contributed by atoms with van der Waals surface area (Å²) in [5.74, 6) is 0.441. The van der Waals surface area contributed by atoms with Crippen LogP contribution in [0.25, 0.3) is 22.7 Å². The Bertz CT molecular complexity index is 903. The zero-order chi connectivity index (χ0) is 17.3. The zero-order valence-corrected chi connectivity index (χ0v) is 13.5. The van der Waals surface area contributed by atoms with Crippen molar-refractivity contribution in [3.63, 3.8) is 0 Å². The molecule has 4 rings (SSSR count). The highest BCUT2D eigenvalue weighted by Crippen LogP contribution is 2.44. The van der Waals surface area contributed by atoms with Gasteiger partial charge in [-0.15, -0.1) is 0 Å². The second kappa shape index (κ2) is 6.18. The minimum Gasteiger partial charge on any atom is -0.435 e. The molecule has 0 unspecified atom stereocenters. The standard InChI is InChI=1S/C18H18N4O3/c23-11-18(6-7-18)10-20-17(24)21-12-4-5-13-15(9-12)25-16(22-13)14-3-1-2-8-19-14/h1-5,8-9,23H,6-7,10-11H2,(H2,20,21,24). The molecule has 0 aliphatic heterocycles. The fourth-order valence-corrected chi connectivity index (χ4v) is 2.61. The van der Waals surface area contributed by atoms with Crippen LogP contribution < -0.4 is 10.6 Å². The predicted octanol–water partition coefficient (Wildman–Crippen LogP) is 2.78. The summed E-state index contributed by atoms with van der Waals surface area (Å²) in [5.41, 5.74) is 2.42. The summed E-state index contributed by atoms with van der Waals surface area (Å²) in [4.78, 5) is 20.6. The Balaban J connectivity index is 1.46. The number of amides is 2. The van der Waals surface area contributed by atoms with Gasteiger partial charge < -0.3 is 20.2 Å². The summed E-state index contributed by atoms with van der Waals surface area (Å²) < 4.78 is 5.74. The molecule has 1 aliphatic carbocycles. The first-order valence-corrected chi connectivity index (χ1v) is 8.15. The predicted molar refractivity (Wildman–Crippen MR) is 93.0 cm³/mol. The lowest BCUT2D eigenvalue weighted by Crippen LogP contribution is -2.35. The van der Waals surface area contributed by atoms with E-state index in [9.17, 15) is 9.90 Å². The molecule has 2 aromatic heterocycles. The van der Waals surface area contributed by atoms with Crippen molar-refractivity contribution in [2.75, 3.05) is 18.5 Å². The van der Waals surface area contributed by atoms with Crippen molar-refractivity contribution < 1.29 is 14.3 Å². The number of aromatic nitrogens is 2. The Morgan fingerprint density at radius 2 is 2.16 bits per heavy atom. The molecule has 2 amide bonds. The monoisotopic (exact) mass is 338 g/mol. The molecular formula is C18H18N4O3. The molecule has 7 nitrogen and oxygen atoms in total. The Hall–Kier alpha value is -2.93. The molecule has 0 bridgehead atoms. The third-order valence-electron chi connectivity index (χ3n) is 4.45. The average molecular weight is 338 g/mol. The van der Waals surface area contributed by atoms with Gasteiger partial charge in [0.05, 0.1) is 6.61 Å². The van der Waals surface area contributed by atoms with E-state index in [1.54, 1.807) is 24.4 Å². The summed E-state index contributed by atoms with van der Waals surface area (Å²) >= 11 is 0. The molecule has 2 heterocycles. The van der Waals surface area contributed by atoms with E-state index < -0.39 is 0 Å². The van der Waals surface area contributed by atoms with Gasteiger partial charge in [0, 0.05) is 29.9 Å². The number of aliphatic hydroxyl groups is 1. The van der Waals surface area contributed by atoms with Gasteiger partial charge in [0.15, 0.2) is 5.58 Å². The van der Waals surface area contributed by atoms with Gasteiger partial charge >= 0.3 is 6.03 Å². The topological polar surface area (TPSA) is 100 Å². The number of carbonyl (C=O) groups is 1. The molecule has 0 radical (unpaired) electrons. The lowest BCUT2D eigenvalue weighted by Gasteiger charge is -2.13. The maximum atomic E-state index is 12.0. The molecule has 25 heavy (non-hydrogen) atoms. The third kappa shape index (κ3) is 3.32. The van der Waals surface area contributed by atoms with Crippen molar-refractivity contribution >= 4 is 22.8 Å². The highest BCUT2D eigenvalue weighted by Gasteiger charge is 2.42. The molecule has 1 fully saturated rings. The minimum atomic E-state index is -0.302. The van der Waals surface area contributed by atoms with Crippen LogP contribution in [0, 0.1) is 5.41 Å². The van der Waals surface area contributed by atoms with Crippen molar-refractivity contribution in [2.24, 2.45) is 5.41 Å². The highest BCUT2D eigenvalue weighted by atomic mass is 16.3. The van der Waals surface area contributed by atoms with Crippen LogP contribution in [-0.2, 0) is 0 Å². The van der Waals surface area contributed by atoms with E-state index in [2.05, 4.69) is 20.6 Å².